The lowest BCUT2D eigenvalue weighted by Gasteiger charge is -2.34. The number of ether oxygens (including phenoxy) is 2. The lowest BCUT2D eigenvalue weighted by Crippen LogP contribution is -2.51. The number of hydrogen-bond acceptors (Lipinski definition) is 9. The fraction of sp³-hybridized carbons (Fsp3) is 0.521. The number of imidazole rings is 2. The summed E-state index contributed by atoms with van der Waals surface area (Å²) in [5.74, 6) is 1.94. The van der Waals surface area contributed by atoms with Crippen molar-refractivity contribution in [3.63, 3.8) is 0 Å². The summed E-state index contributed by atoms with van der Waals surface area (Å²) < 4.78 is 10.5. The minimum Gasteiger partial charge on any atom is -0.453 e. The van der Waals surface area contributed by atoms with Crippen LogP contribution >= 0.6 is 0 Å². The predicted molar refractivity (Wildman–Crippen MR) is 240 cm³/mol. The summed E-state index contributed by atoms with van der Waals surface area (Å²) >= 11 is 0. The highest BCUT2D eigenvalue weighted by atomic mass is 16.5. The van der Waals surface area contributed by atoms with Crippen LogP contribution in [0.1, 0.15) is 120 Å². The molecule has 4 fully saturated rings. The summed E-state index contributed by atoms with van der Waals surface area (Å²) in [4.78, 5) is 65.5. The van der Waals surface area contributed by atoms with Gasteiger partial charge in [0.05, 0.1) is 66.6 Å². The maximum atomic E-state index is 13.9. The Bertz CT molecular complexity index is 2400. The first kappa shape index (κ1) is 41.7. The van der Waals surface area contributed by atoms with Gasteiger partial charge in [0.15, 0.2) is 0 Å². The van der Waals surface area contributed by atoms with E-state index in [0.717, 1.165) is 111 Å². The molecule has 4 aliphatic rings. The topological polar surface area (TPSA) is 152 Å². The molecule has 14 nitrogen and oxygen atoms in total. The van der Waals surface area contributed by atoms with Crippen molar-refractivity contribution in [3.8, 4) is 0 Å². The van der Waals surface area contributed by atoms with Crippen LogP contribution in [0.2, 0.25) is 0 Å². The second-order valence-electron chi connectivity index (χ2n) is 18.3. The van der Waals surface area contributed by atoms with Crippen LogP contribution < -0.4 is 15.1 Å². The number of amides is 3. The summed E-state index contributed by atoms with van der Waals surface area (Å²) in [5.41, 5.74) is 8.51. The monoisotopic (exact) mass is 843 g/mol. The molecule has 4 aliphatic heterocycles. The van der Waals surface area contributed by atoms with Gasteiger partial charge < -0.3 is 44.4 Å². The van der Waals surface area contributed by atoms with E-state index in [1.807, 2.05) is 23.6 Å². The second kappa shape index (κ2) is 17.6. The zero-order valence-electron chi connectivity index (χ0n) is 36.7. The Morgan fingerprint density at radius 3 is 1.82 bits per heavy atom. The summed E-state index contributed by atoms with van der Waals surface area (Å²) in [6.45, 7) is 12.7. The molecule has 328 valence electrons. The molecule has 14 heteroatoms. The van der Waals surface area contributed by atoms with Crippen molar-refractivity contribution in [2.24, 2.45) is 11.8 Å². The number of anilines is 2. The lowest BCUT2D eigenvalue weighted by molar-refractivity contribution is -0.135. The number of morpholine rings is 1. The summed E-state index contributed by atoms with van der Waals surface area (Å²) in [6.07, 6.45) is 5.41. The third-order valence-electron chi connectivity index (χ3n) is 13.4. The lowest BCUT2D eigenvalue weighted by atomic mass is 10.0. The minimum atomic E-state index is -0.692. The molecule has 3 aromatic carbocycles. The molecule has 3 N–H and O–H groups in total. The van der Waals surface area contributed by atoms with E-state index >= 15 is 0 Å². The van der Waals surface area contributed by atoms with Crippen LogP contribution in [0.4, 0.5) is 16.2 Å². The van der Waals surface area contributed by atoms with Gasteiger partial charge >= 0.3 is 6.09 Å². The molecule has 0 unspecified atom stereocenters. The van der Waals surface area contributed by atoms with Gasteiger partial charge in [-0.05, 0) is 110 Å². The standard InChI is InChI=1S/C48H61N9O5/c1-29(2)26-43(58)55-20-6-8-41(55)45-49-35-16-10-31(27-37(35)51-45)39-18-19-40(57(39)34-14-12-33(13-15-34)54-22-24-62-25-23-54)32-11-17-36-38(28-32)52-46(50-36)42-9-7-21-56(42)47(59)44(30(3)4)53-48(60)61-5/h10-17,27-30,39-42,44H,6-9,18-26H2,1-5H3,(H,49,51)(H,50,52)(H,53,60)/t39-,40-,41+,42+,44+/m1/s1. The van der Waals surface area contributed by atoms with E-state index in [9.17, 15) is 14.4 Å². The normalized spacial score (nSPS) is 22.4. The quantitative estimate of drug-likeness (QED) is 0.120. The molecule has 4 saturated heterocycles. The molecule has 0 aliphatic carbocycles. The molecular weight excluding hydrogens is 783 g/mol. The molecule has 9 rings (SSSR count). The number of H-pyrrole nitrogens is 2. The van der Waals surface area contributed by atoms with E-state index in [-0.39, 0.29) is 41.9 Å². The number of aromatic amines is 2. The average molecular weight is 844 g/mol. The van der Waals surface area contributed by atoms with E-state index in [2.05, 4.69) is 99.6 Å². The molecule has 3 amide bonds. The third-order valence-corrected chi connectivity index (χ3v) is 13.4. The number of fused-ring (bicyclic) bond motifs is 2. The fourth-order valence-electron chi connectivity index (χ4n) is 10.3. The number of carbonyl (C=O) groups excluding carboxylic acids is 3. The molecule has 0 radical (unpaired) electrons. The van der Waals surface area contributed by atoms with Gasteiger partial charge in [0.25, 0.3) is 0 Å². The highest BCUT2D eigenvalue weighted by molar-refractivity contribution is 5.87. The van der Waals surface area contributed by atoms with Gasteiger partial charge in [-0.1, -0.05) is 39.8 Å². The number of carbonyl (C=O) groups is 3. The van der Waals surface area contributed by atoms with Crippen LogP contribution in [0.3, 0.4) is 0 Å². The number of aromatic nitrogens is 4. The van der Waals surface area contributed by atoms with Crippen molar-refractivity contribution in [1.82, 2.24) is 35.1 Å². The van der Waals surface area contributed by atoms with Crippen LogP contribution in [0.25, 0.3) is 22.1 Å². The number of rotatable bonds is 11. The van der Waals surface area contributed by atoms with Crippen LogP contribution in [0.5, 0.6) is 0 Å². The Hall–Kier alpha value is -5.63. The second-order valence-corrected chi connectivity index (χ2v) is 18.3. The van der Waals surface area contributed by atoms with Crippen molar-refractivity contribution < 1.29 is 23.9 Å². The molecule has 5 aromatic rings. The van der Waals surface area contributed by atoms with Gasteiger partial charge in [-0.3, -0.25) is 9.59 Å². The number of hydrogen-bond donors (Lipinski definition) is 3. The van der Waals surface area contributed by atoms with Crippen molar-refractivity contribution >= 4 is 51.3 Å². The molecular formula is C48H61N9O5. The first-order valence-electron chi connectivity index (χ1n) is 22.7. The van der Waals surface area contributed by atoms with Gasteiger partial charge in [-0.25, -0.2) is 14.8 Å². The van der Waals surface area contributed by atoms with Gasteiger partial charge in [-0.15, -0.1) is 0 Å². The van der Waals surface area contributed by atoms with E-state index in [4.69, 9.17) is 19.4 Å². The molecule has 0 saturated carbocycles. The van der Waals surface area contributed by atoms with Crippen LogP contribution in [0, 0.1) is 11.8 Å². The van der Waals surface area contributed by atoms with Crippen molar-refractivity contribution in [1.29, 1.82) is 0 Å². The Morgan fingerprint density at radius 2 is 1.27 bits per heavy atom. The number of nitrogens with one attached hydrogen (secondary N) is 3. The summed E-state index contributed by atoms with van der Waals surface area (Å²) in [7, 11) is 1.31. The Morgan fingerprint density at radius 1 is 0.726 bits per heavy atom. The SMILES string of the molecule is COC(=O)N[C@H](C(=O)N1CCC[C@H]1c1nc2ccc([C@H]3CC[C@H](c4ccc5nc([C@@H]6CCCN6C(=O)CC(C)C)[nH]c5c4)N3c3ccc(N4CCOCC4)cc3)cc2[nH]1)C(C)C. The van der Waals surface area contributed by atoms with Crippen LogP contribution in [-0.4, -0.2) is 100 Å². The number of likely N-dealkylation sites (tertiary alicyclic amines) is 2. The molecule has 62 heavy (non-hydrogen) atoms. The third kappa shape index (κ3) is 8.21. The maximum absolute atomic E-state index is 13.9. The average Bonchev–Trinajstić information content (AvgIpc) is 4.13. The van der Waals surface area contributed by atoms with Crippen LogP contribution in [0.15, 0.2) is 60.7 Å². The van der Waals surface area contributed by atoms with E-state index < -0.39 is 12.1 Å². The first-order chi connectivity index (χ1) is 30.1. The Balaban J connectivity index is 1.02. The van der Waals surface area contributed by atoms with E-state index in [1.165, 1.54) is 23.9 Å². The molecule has 6 heterocycles. The minimum absolute atomic E-state index is 0.0230. The van der Waals surface area contributed by atoms with E-state index in [1.54, 1.807) is 0 Å². The van der Waals surface area contributed by atoms with Gasteiger partial charge in [-0.2, -0.15) is 0 Å². The fourth-order valence-corrected chi connectivity index (χ4v) is 10.3. The molecule has 0 spiro atoms. The van der Waals surface area contributed by atoms with Gasteiger partial charge in [0, 0.05) is 44.0 Å². The molecule has 2 aromatic heterocycles. The molecule has 0 bridgehead atoms. The number of nitrogens with zero attached hydrogens (tertiary/aromatic N) is 6. The van der Waals surface area contributed by atoms with Crippen molar-refractivity contribution in [2.75, 3.05) is 56.3 Å². The largest absolute Gasteiger partial charge is 0.453 e. The number of benzene rings is 3. The Kier molecular flexibility index (Phi) is 11.9. The van der Waals surface area contributed by atoms with Crippen molar-refractivity contribution in [2.45, 2.75) is 103 Å². The first-order valence-corrected chi connectivity index (χ1v) is 22.7. The molecule has 5 atom stereocenters. The van der Waals surface area contributed by atoms with Crippen molar-refractivity contribution in [3.05, 3.63) is 83.4 Å². The van der Waals surface area contributed by atoms with Gasteiger partial charge in [0.1, 0.15) is 17.7 Å². The summed E-state index contributed by atoms with van der Waals surface area (Å²) in [6, 6.07) is 21.5. The number of methoxy groups -OCH3 is 1. The van der Waals surface area contributed by atoms with Gasteiger partial charge in [0.2, 0.25) is 11.8 Å². The predicted octanol–water partition coefficient (Wildman–Crippen LogP) is 8.11. The smallest absolute Gasteiger partial charge is 0.407 e. The van der Waals surface area contributed by atoms with Crippen LogP contribution in [-0.2, 0) is 19.1 Å². The summed E-state index contributed by atoms with van der Waals surface area (Å²) in [5, 5.41) is 2.75. The highest BCUT2D eigenvalue weighted by Gasteiger charge is 2.39. The van der Waals surface area contributed by atoms with E-state index in [0.29, 0.717) is 18.9 Å². The zero-order chi connectivity index (χ0) is 43.1. The number of alkyl carbamates (subject to hydrolysis) is 1. The highest BCUT2D eigenvalue weighted by Crippen LogP contribution is 2.48. The Labute approximate surface area is 363 Å². The zero-order valence-corrected chi connectivity index (χ0v) is 36.7. The maximum Gasteiger partial charge on any atom is 0.407 e.